The number of halogens is 1. The molecule has 0 saturated carbocycles. The van der Waals surface area contributed by atoms with Gasteiger partial charge >= 0.3 is 0 Å². The van der Waals surface area contributed by atoms with Crippen LogP contribution in [0.3, 0.4) is 0 Å². The van der Waals surface area contributed by atoms with Crippen molar-refractivity contribution in [1.29, 1.82) is 0 Å². The van der Waals surface area contributed by atoms with Crippen molar-refractivity contribution in [3.8, 4) is 5.75 Å². The fourth-order valence-electron chi connectivity index (χ4n) is 4.80. The molecule has 5 heteroatoms. The third-order valence-electron chi connectivity index (χ3n) is 6.35. The predicted molar refractivity (Wildman–Crippen MR) is 129 cm³/mol. The smallest absolute Gasteiger partial charge is 0.174 e. The molecule has 0 aromatic heterocycles. The Kier molecular flexibility index (Phi) is 4.65. The Morgan fingerprint density at radius 2 is 1.75 bits per heavy atom. The molecule has 3 aromatic rings. The number of aliphatic imine (C=N–C) groups is 1. The van der Waals surface area contributed by atoms with Gasteiger partial charge in [-0.05, 0) is 71.5 Å². The molecular weight excluding hydrogens is 419 g/mol. The number of aryl methyl sites for hydroxylation is 1. The average molecular weight is 441 g/mol. The first-order valence-electron chi connectivity index (χ1n) is 10.7. The van der Waals surface area contributed by atoms with Crippen LogP contribution < -0.4 is 4.74 Å². The van der Waals surface area contributed by atoms with Gasteiger partial charge in [0.05, 0.1) is 24.5 Å². The number of hydrogen-bond donors (Lipinski definition) is 0. The van der Waals surface area contributed by atoms with Crippen molar-refractivity contribution in [3.05, 3.63) is 112 Å². The van der Waals surface area contributed by atoms with E-state index in [0.29, 0.717) is 0 Å². The summed E-state index contributed by atoms with van der Waals surface area (Å²) in [7, 11) is 1.69. The zero-order valence-corrected chi connectivity index (χ0v) is 18.4. The second-order valence-corrected chi connectivity index (χ2v) is 8.94. The highest BCUT2D eigenvalue weighted by Gasteiger charge is 2.40. The summed E-state index contributed by atoms with van der Waals surface area (Å²) < 4.78 is 19.0. The Morgan fingerprint density at radius 1 is 0.969 bits per heavy atom. The fourth-order valence-corrected chi connectivity index (χ4v) is 5.73. The highest BCUT2D eigenvalue weighted by Crippen LogP contribution is 2.51. The zero-order chi connectivity index (χ0) is 21.7. The molecule has 0 saturated heterocycles. The van der Waals surface area contributed by atoms with Crippen LogP contribution in [0.5, 0.6) is 5.75 Å². The van der Waals surface area contributed by atoms with Gasteiger partial charge < -0.3 is 9.64 Å². The molecule has 32 heavy (non-hydrogen) atoms. The molecule has 3 aromatic carbocycles. The van der Waals surface area contributed by atoms with Gasteiger partial charge in [-0.1, -0.05) is 48.2 Å². The van der Waals surface area contributed by atoms with Gasteiger partial charge in [-0.25, -0.2) is 9.38 Å². The molecule has 0 radical (unpaired) electrons. The summed E-state index contributed by atoms with van der Waals surface area (Å²) in [5.41, 5.74) is 8.25. The number of thioether (sulfide) groups is 1. The van der Waals surface area contributed by atoms with Crippen LogP contribution in [-0.4, -0.2) is 17.2 Å². The Balaban J connectivity index is 1.52. The van der Waals surface area contributed by atoms with Crippen molar-refractivity contribution in [2.75, 3.05) is 7.11 Å². The van der Waals surface area contributed by atoms with Crippen LogP contribution in [0.1, 0.15) is 34.7 Å². The van der Waals surface area contributed by atoms with E-state index in [1.807, 2.05) is 24.3 Å². The molecule has 0 bridgehead atoms. The number of fused-ring (bicyclic) bond motifs is 3. The second kappa shape index (κ2) is 7.68. The van der Waals surface area contributed by atoms with Gasteiger partial charge in [-0.3, -0.25) is 0 Å². The van der Waals surface area contributed by atoms with E-state index < -0.39 is 0 Å². The summed E-state index contributed by atoms with van der Waals surface area (Å²) in [6.07, 6.45) is 1.96. The Bertz CT molecular complexity index is 1290. The lowest BCUT2D eigenvalue weighted by Crippen LogP contribution is -2.34. The van der Waals surface area contributed by atoms with E-state index in [2.05, 4.69) is 46.7 Å². The molecule has 0 fully saturated rings. The number of hydrogen-bond acceptors (Lipinski definition) is 4. The van der Waals surface area contributed by atoms with Crippen molar-refractivity contribution < 1.29 is 9.13 Å². The van der Waals surface area contributed by atoms with Crippen molar-refractivity contribution >= 4 is 28.3 Å². The van der Waals surface area contributed by atoms with E-state index in [1.54, 1.807) is 18.9 Å². The van der Waals surface area contributed by atoms with Gasteiger partial charge in [0.25, 0.3) is 0 Å². The predicted octanol–water partition coefficient (Wildman–Crippen LogP) is 6.65. The highest BCUT2D eigenvalue weighted by molar-refractivity contribution is 8.16. The van der Waals surface area contributed by atoms with Crippen LogP contribution in [0.25, 0.3) is 11.4 Å². The molecule has 3 nitrogen and oxygen atoms in total. The number of rotatable bonds is 3. The molecule has 1 atom stereocenters. The maximum Gasteiger partial charge on any atom is 0.174 e. The number of amidine groups is 1. The Hall–Kier alpha value is -3.31. The quantitative estimate of drug-likeness (QED) is 0.456. The largest absolute Gasteiger partial charge is 0.497 e. The van der Waals surface area contributed by atoms with Crippen molar-refractivity contribution in [2.45, 2.75) is 18.9 Å². The van der Waals surface area contributed by atoms with Crippen LogP contribution in [-0.2, 0) is 6.42 Å². The van der Waals surface area contributed by atoms with Gasteiger partial charge in [0.15, 0.2) is 5.17 Å². The van der Waals surface area contributed by atoms with Gasteiger partial charge in [-0.15, -0.1) is 0 Å². The average Bonchev–Trinajstić information content (AvgIpc) is 3.27. The maximum absolute atomic E-state index is 13.6. The molecule has 0 N–H and O–H groups in total. The minimum absolute atomic E-state index is 0.0306. The summed E-state index contributed by atoms with van der Waals surface area (Å²) in [5, 5.41) is 3.09. The minimum atomic E-state index is -0.229. The van der Waals surface area contributed by atoms with Crippen LogP contribution in [0, 0.1) is 5.82 Å². The van der Waals surface area contributed by atoms with E-state index in [-0.39, 0.29) is 11.9 Å². The third kappa shape index (κ3) is 3.07. The molecule has 1 aliphatic carbocycles. The standard InChI is InChI=1S/C27H21FN2OS/c1-31-21-13-8-19(9-14-21)26-23-15-10-17-4-2-3-5-22(17)25(23)29-27-30(26)24(16-32-27)18-6-11-20(28)12-7-18/h2-9,11-14,16,26H,10,15H2,1H3/t26-/m1/s1. The van der Waals surface area contributed by atoms with Crippen molar-refractivity contribution in [2.24, 2.45) is 4.99 Å². The molecule has 0 unspecified atom stereocenters. The number of nitrogens with zero attached hydrogens (tertiary/aromatic N) is 2. The van der Waals surface area contributed by atoms with E-state index in [4.69, 9.17) is 9.73 Å². The summed E-state index contributed by atoms with van der Waals surface area (Å²) in [4.78, 5) is 7.46. The SMILES string of the molecule is COc1ccc([C@@H]2C3=C(N=C4SC=C(c5ccc(F)cc5)N42)c2ccccc2CC3)cc1. The van der Waals surface area contributed by atoms with Crippen LogP contribution in [0.15, 0.2) is 88.8 Å². The van der Waals surface area contributed by atoms with Gasteiger partial charge in [0.1, 0.15) is 11.6 Å². The zero-order valence-electron chi connectivity index (χ0n) is 17.6. The molecule has 158 valence electrons. The molecular formula is C27H21FN2OS. The van der Waals surface area contributed by atoms with Gasteiger partial charge in [-0.2, -0.15) is 0 Å². The summed E-state index contributed by atoms with van der Waals surface area (Å²) in [6.45, 7) is 0. The summed E-state index contributed by atoms with van der Waals surface area (Å²) >= 11 is 1.63. The molecule has 3 aliphatic rings. The lowest BCUT2D eigenvalue weighted by molar-refractivity contribution is 0.413. The van der Waals surface area contributed by atoms with E-state index >= 15 is 0 Å². The Morgan fingerprint density at radius 3 is 2.53 bits per heavy atom. The number of methoxy groups -OCH3 is 1. The molecule has 0 amide bonds. The van der Waals surface area contributed by atoms with Crippen molar-refractivity contribution in [1.82, 2.24) is 4.90 Å². The maximum atomic E-state index is 13.6. The number of benzene rings is 3. The second-order valence-electron chi connectivity index (χ2n) is 8.10. The van der Waals surface area contributed by atoms with E-state index in [0.717, 1.165) is 40.7 Å². The van der Waals surface area contributed by atoms with E-state index in [9.17, 15) is 4.39 Å². The molecule has 2 aliphatic heterocycles. The summed E-state index contributed by atoms with van der Waals surface area (Å²) in [6, 6.07) is 23.7. The molecule has 2 heterocycles. The lowest BCUT2D eigenvalue weighted by Gasteiger charge is -2.39. The van der Waals surface area contributed by atoms with Crippen LogP contribution in [0.2, 0.25) is 0 Å². The van der Waals surface area contributed by atoms with E-state index in [1.165, 1.54) is 34.4 Å². The molecule has 6 rings (SSSR count). The lowest BCUT2D eigenvalue weighted by atomic mass is 9.82. The monoisotopic (exact) mass is 440 g/mol. The first-order chi connectivity index (χ1) is 15.7. The summed E-state index contributed by atoms with van der Waals surface area (Å²) in [5.74, 6) is 0.611. The third-order valence-corrected chi connectivity index (χ3v) is 7.19. The van der Waals surface area contributed by atoms with Gasteiger partial charge in [0, 0.05) is 11.0 Å². The van der Waals surface area contributed by atoms with Crippen molar-refractivity contribution in [3.63, 3.8) is 0 Å². The fraction of sp³-hybridized carbons (Fsp3) is 0.148. The normalized spacial score (nSPS) is 19.1. The highest BCUT2D eigenvalue weighted by atomic mass is 32.2. The number of ether oxygens (including phenoxy) is 1. The van der Waals surface area contributed by atoms with Crippen LogP contribution in [0.4, 0.5) is 4.39 Å². The topological polar surface area (TPSA) is 24.8 Å². The first-order valence-corrected chi connectivity index (χ1v) is 11.6. The first kappa shape index (κ1) is 19.4. The Labute approximate surface area is 190 Å². The molecule has 0 spiro atoms. The van der Waals surface area contributed by atoms with Gasteiger partial charge in [0.2, 0.25) is 0 Å². The minimum Gasteiger partial charge on any atom is -0.497 e. The van der Waals surface area contributed by atoms with Crippen LogP contribution >= 0.6 is 11.8 Å².